The highest BCUT2D eigenvalue weighted by Gasteiger charge is 2.26. The topological polar surface area (TPSA) is 99.2 Å². The minimum absolute atomic E-state index is 0.137. The number of ether oxygens (including phenoxy) is 1. The van der Waals surface area contributed by atoms with E-state index in [9.17, 15) is 9.59 Å². The zero-order valence-corrected chi connectivity index (χ0v) is 19.3. The van der Waals surface area contributed by atoms with Crippen LogP contribution in [0.25, 0.3) is 22.2 Å². The summed E-state index contributed by atoms with van der Waals surface area (Å²) in [5.41, 5.74) is 3.56. The summed E-state index contributed by atoms with van der Waals surface area (Å²) in [7, 11) is 1.58. The fraction of sp³-hybridized carbons (Fsp3) is 0.280. The Morgan fingerprint density at radius 2 is 1.97 bits per heavy atom. The van der Waals surface area contributed by atoms with E-state index in [-0.39, 0.29) is 11.4 Å². The van der Waals surface area contributed by atoms with Gasteiger partial charge in [0.05, 0.1) is 12.5 Å². The van der Waals surface area contributed by atoms with Crippen LogP contribution in [0.5, 0.6) is 5.75 Å². The molecule has 2 aromatic carbocycles. The number of anilines is 1. The van der Waals surface area contributed by atoms with Crippen LogP contribution in [0.15, 0.2) is 51.8 Å². The van der Waals surface area contributed by atoms with Crippen molar-refractivity contribution in [2.24, 2.45) is 0 Å². The van der Waals surface area contributed by atoms with Gasteiger partial charge in [0.1, 0.15) is 23.2 Å². The molecule has 1 amide bonds. The van der Waals surface area contributed by atoms with Crippen LogP contribution in [0.2, 0.25) is 0 Å². The molecule has 8 heteroatoms. The van der Waals surface area contributed by atoms with Gasteiger partial charge in [-0.3, -0.25) is 9.59 Å². The number of hydrogen-bond acceptors (Lipinski definition) is 6. The molecule has 0 saturated carbocycles. The third kappa shape index (κ3) is 4.11. The molecule has 0 aliphatic rings. The third-order valence-corrected chi connectivity index (χ3v) is 5.70. The van der Waals surface area contributed by atoms with Gasteiger partial charge in [0, 0.05) is 11.3 Å². The second-order valence-electron chi connectivity index (χ2n) is 8.02. The first-order chi connectivity index (χ1) is 15.8. The molecule has 1 N–H and O–H groups in total. The number of hydrogen-bond donors (Lipinski definition) is 1. The molecular weight excluding hydrogens is 420 g/mol. The molecule has 0 fully saturated rings. The van der Waals surface area contributed by atoms with Gasteiger partial charge in [-0.25, -0.2) is 4.68 Å². The fourth-order valence-corrected chi connectivity index (χ4v) is 3.85. The first-order valence-corrected chi connectivity index (χ1v) is 10.7. The van der Waals surface area contributed by atoms with Gasteiger partial charge >= 0.3 is 0 Å². The van der Waals surface area contributed by atoms with E-state index in [0.29, 0.717) is 34.7 Å². The molecule has 0 aliphatic heterocycles. The Balaban J connectivity index is 1.85. The van der Waals surface area contributed by atoms with E-state index >= 15 is 0 Å². The summed E-state index contributed by atoms with van der Waals surface area (Å²) >= 11 is 0. The Morgan fingerprint density at radius 3 is 2.70 bits per heavy atom. The molecule has 0 spiro atoms. The minimum atomic E-state index is -0.830. The summed E-state index contributed by atoms with van der Waals surface area (Å²) in [6.07, 6.45) is 0.365. The van der Waals surface area contributed by atoms with Gasteiger partial charge in [0.2, 0.25) is 5.91 Å². The van der Waals surface area contributed by atoms with E-state index < -0.39 is 11.6 Å². The van der Waals surface area contributed by atoms with Crippen LogP contribution in [0.1, 0.15) is 36.3 Å². The fourth-order valence-electron chi connectivity index (χ4n) is 3.85. The van der Waals surface area contributed by atoms with E-state index in [4.69, 9.17) is 9.26 Å². The van der Waals surface area contributed by atoms with Gasteiger partial charge in [0.15, 0.2) is 5.52 Å². The quantitative estimate of drug-likeness (QED) is 0.466. The molecule has 2 heterocycles. The molecule has 170 valence electrons. The molecule has 1 atom stereocenters. The van der Waals surface area contributed by atoms with Crippen molar-refractivity contribution < 1.29 is 14.1 Å². The van der Waals surface area contributed by atoms with E-state index in [0.717, 1.165) is 16.7 Å². The highest BCUT2D eigenvalue weighted by Crippen LogP contribution is 2.30. The number of methoxy groups -OCH3 is 1. The van der Waals surface area contributed by atoms with Crippen LogP contribution >= 0.6 is 0 Å². The number of carbonyl (C=O) groups excluding carboxylic acids is 1. The van der Waals surface area contributed by atoms with Crippen molar-refractivity contribution in [1.29, 1.82) is 0 Å². The largest absolute Gasteiger partial charge is 0.497 e. The zero-order chi connectivity index (χ0) is 23.7. The monoisotopic (exact) mass is 446 g/mol. The highest BCUT2D eigenvalue weighted by atomic mass is 16.5. The van der Waals surface area contributed by atoms with Crippen molar-refractivity contribution in [2.45, 2.75) is 40.2 Å². The third-order valence-electron chi connectivity index (χ3n) is 5.70. The smallest absolute Gasteiger partial charge is 0.297 e. The first-order valence-electron chi connectivity index (χ1n) is 10.7. The Kier molecular flexibility index (Phi) is 6.00. The molecule has 0 saturated heterocycles. The summed E-state index contributed by atoms with van der Waals surface area (Å²) < 4.78 is 11.9. The van der Waals surface area contributed by atoms with Crippen molar-refractivity contribution in [3.05, 3.63) is 69.7 Å². The van der Waals surface area contributed by atoms with E-state index in [1.807, 2.05) is 63.2 Å². The molecule has 33 heavy (non-hydrogen) atoms. The van der Waals surface area contributed by atoms with Crippen LogP contribution in [0, 0.1) is 20.8 Å². The van der Waals surface area contributed by atoms with Gasteiger partial charge in [0.25, 0.3) is 5.56 Å². The Labute approximate surface area is 191 Å². The van der Waals surface area contributed by atoms with Gasteiger partial charge in [-0.05, 0) is 56.5 Å². The molecule has 0 radical (unpaired) electrons. The van der Waals surface area contributed by atoms with E-state index in [1.165, 1.54) is 4.68 Å². The van der Waals surface area contributed by atoms with E-state index in [2.05, 4.69) is 15.6 Å². The molecule has 2 aromatic heterocycles. The van der Waals surface area contributed by atoms with Gasteiger partial charge < -0.3 is 14.6 Å². The average molecular weight is 447 g/mol. The Hall–Kier alpha value is -3.94. The number of nitrogens with one attached hydrogen (secondary N) is 1. The predicted octanol–water partition coefficient (Wildman–Crippen LogP) is 4.58. The van der Waals surface area contributed by atoms with E-state index in [1.54, 1.807) is 14.0 Å². The van der Waals surface area contributed by atoms with Crippen molar-refractivity contribution in [2.75, 3.05) is 12.4 Å². The predicted molar refractivity (Wildman–Crippen MR) is 127 cm³/mol. The number of fused-ring (bicyclic) bond motifs is 1. The number of carbonyl (C=O) groups is 1. The normalized spacial score (nSPS) is 12.0. The summed E-state index contributed by atoms with van der Waals surface area (Å²) in [6.45, 7) is 7.45. The SMILES string of the molecule is CC[C@@H](C(=O)Nc1cc(C)ccc1C)n1nc(-c2cccc(OC)c2)c2c(C)onc2c1=O. The lowest BCUT2D eigenvalue weighted by atomic mass is 10.1. The van der Waals surface area contributed by atoms with Gasteiger partial charge in [-0.2, -0.15) is 5.10 Å². The molecule has 0 aliphatic carbocycles. The average Bonchev–Trinajstić information content (AvgIpc) is 3.20. The number of amides is 1. The van der Waals surface area contributed by atoms with Crippen LogP contribution in [0.3, 0.4) is 0 Å². The maximum absolute atomic E-state index is 13.3. The lowest BCUT2D eigenvalue weighted by Gasteiger charge is -2.19. The van der Waals surface area contributed by atoms with Crippen molar-refractivity contribution in [3.8, 4) is 17.0 Å². The van der Waals surface area contributed by atoms with Crippen LogP contribution in [-0.2, 0) is 4.79 Å². The lowest BCUT2D eigenvalue weighted by Crippen LogP contribution is -2.35. The summed E-state index contributed by atoms with van der Waals surface area (Å²) in [5.74, 6) is 0.804. The Bertz CT molecular complexity index is 1400. The van der Waals surface area contributed by atoms with Crippen molar-refractivity contribution in [3.63, 3.8) is 0 Å². The first kappa shape index (κ1) is 22.3. The number of nitrogens with zero attached hydrogens (tertiary/aromatic N) is 3. The summed E-state index contributed by atoms with van der Waals surface area (Å²) in [5, 5.41) is 12.1. The van der Waals surface area contributed by atoms with Crippen LogP contribution in [0.4, 0.5) is 5.69 Å². The Morgan fingerprint density at radius 1 is 1.18 bits per heavy atom. The molecule has 0 unspecified atom stereocenters. The molecule has 8 nitrogen and oxygen atoms in total. The number of aromatic nitrogens is 3. The zero-order valence-electron chi connectivity index (χ0n) is 19.3. The summed E-state index contributed by atoms with van der Waals surface area (Å²) in [4.78, 5) is 26.6. The second kappa shape index (κ2) is 8.90. The van der Waals surface area contributed by atoms with Gasteiger partial charge in [-0.15, -0.1) is 0 Å². The molecule has 0 bridgehead atoms. The summed E-state index contributed by atoms with van der Waals surface area (Å²) in [6, 6.07) is 12.3. The minimum Gasteiger partial charge on any atom is -0.497 e. The molecule has 4 rings (SSSR count). The number of benzene rings is 2. The number of aryl methyl sites for hydroxylation is 3. The highest BCUT2D eigenvalue weighted by molar-refractivity contribution is 5.96. The van der Waals surface area contributed by atoms with Crippen molar-refractivity contribution in [1.82, 2.24) is 14.9 Å². The maximum atomic E-state index is 13.3. The number of rotatable bonds is 6. The van der Waals surface area contributed by atoms with Crippen molar-refractivity contribution >= 4 is 22.5 Å². The van der Waals surface area contributed by atoms with Crippen LogP contribution < -0.4 is 15.6 Å². The van der Waals surface area contributed by atoms with Gasteiger partial charge in [-0.1, -0.05) is 36.3 Å². The molecule has 4 aromatic rings. The standard InChI is InChI=1S/C25H26N4O4/c1-6-20(24(30)26-19-12-14(2)10-11-15(19)3)29-25(31)23-21(16(4)33-28-23)22(27-29)17-8-7-9-18(13-17)32-5/h7-13,20H,6H2,1-5H3,(H,26,30)/t20-/m0/s1. The van der Waals surface area contributed by atoms with Crippen LogP contribution in [-0.4, -0.2) is 28.0 Å². The maximum Gasteiger partial charge on any atom is 0.297 e. The second-order valence-corrected chi connectivity index (χ2v) is 8.02. The molecular formula is C25H26N4O4. The lowest BCUT2D eigenvalue weighted by molar-refractivity contribution is -0.119.